The van der Waals surface area contributed by atoms with E-state index in [2.05, 4.69) is 0 Å². The van der Waals surface area contributed by atoms with Gasteiger partial charge in [0, 0.05) is 19.7 Å². The molecule has 2 rings (SSSR count). The van der Waals surface area contributed by atoms with Crippen molar-refractivity contribution in [2.75, 3.05) is 22.6 Å². The minimum atomic E-state index is -0.0884. The fourth-order valence-corrected chi connectivity index (χ4v) is 2.94. The number of nitrogens with zero attached hydrogens (tertiary/aromatic N) is 2. The molecular formula is C15H19N3O2S. The van der Waals surface area contributed by atoms with Gasteiger partial charge in [0.1, 0.15) is 0 Å². The maximum atomic E-state index is 12.1. The molecule has 1 N–H and O–H groups in total. The van der Waals surface area contributed by atoms with Crippen molar-refractivity contribution in [1.29, 1.82) is 5.41 Å². The smallest absolute Gasteiger partial charge is 0.243 e. The Morgan fingerprint density at radius 1 is 1.43 bits per heavy atom. The summed E-state index contributed by atoms with van der Waals surface area (Å²) in [5, 5.41) is 8.20. The molecule has 0 unspecified atom stereocenters. The number of carbonyl (C=O) groups is 2. The summed E-state index contributed by atoms with van der Waals surface area (Å²) < 4.78 is 0. The number of hydrogen-bond acceptors (Lipinski definition) is 4. The molecule has 0 bridgehead atoms. The summed E-state index contributed by atoms with van der Waals surface area (Å²) in [7, 11) is 1.70. The van der Waals surface area contributed by atoms with Crippen LogP contribution in [-0.4, -0.2) is 29.8 Å². The van der Waals surface area contributed by atoms with Gasteiger partial charge in [0.25, 0.3) is 0 Å². The fourth-order valence-electron chi connectivity index (χ4n) is 2.22. The molecule has 1 aliphatic heterocycles. The number of carbonyl (C=O) groups excluding carboxylic acids is 2. The van der Waals surface area contributed by atoms with Crippen molar-refractivity contribution in [2.45, 2.75) is 26.7 Å². The minimum absolute atomic E-state index is 0.0737. The van der Waals surface area contributed by atoms with Crippen molar-refractivity contribution < 1.29 is 9.59 Å². The van der Waals surface area contributed by atoms with E-state index in [4.69, 9.17) is 5.41 Å². The summed E-state index contributed by atoms with van der Waals surface area (Å²) in [5.41, 5.74) is 2.42. The Kier molecular flexibility index (Phi) is 4.37. The van der Waals surface area contributed by atoms with E-state index in [0.29, 0.717) is 11.4 Å². The number of amides is 2. The third kappa shape index (κ3) is 2.95. The van der Waals surface area contributed by atoms with Gasteiger partial charge in [-0.25, -0.2) is 0 Å². The van der Waals surface area contributed by atoms with Crippen LogP contribution in [0, 0.1) is 5.41 Å². The molecule has 1 fully saturated rings. The summed E-state index contributed by atoms with van der Waals surface area (Å²) >= 11 is 1.23. The number of amidine groups is 1. The number of anilines is 2. The fraction of sp³-hybridized carbons (Fsp3) is 0.400. The third-order valence-corrected chi connectivity index (χ3v) is 4.37. The highest BCUT2D eigenvalue weighted by atomic mass is 32.2. The molecule has 1 heterocycles. The van der Waals surface area contributed by atoms with Gasteiger partial charge in [-0.1, -0.05) is 31.7 Å². The van der Waals surface area contributed by atoms with Crippen LogP contribution in [0.1, 0.15) is 32.3 Å². The molecule has 5 nitrogen and oxygen atoms in total. The Balaban J connectivity index is 2.55. The van der Waals surface area contributed by atoms with E-state index < -0.39 is 0 Å². The minimum Gasteiger partial charge on any atom is -0.316 e. The van der Waals surface area contributed by atoms with Gasteiger partial charge >= 0.3 is 0 Å². The highest BCUT2D eigenvalue weighted by Crippen LogP contribution is 2.35. The summed E-state index contributed by atoms with van der Waals surface area (Å²) in [5.74, 6) is 0.358. The van der Waals surface area contributed by atoms with E-state index in [1.54, 1.807) is 7.05 Å². The second-order valence-corrected chi connectivity index (χ2v) is 6.26. The van der Waals surface area contributed by atoms with E-state index >= 15 is 0 Å². The molecule has 21 heavy (non-hydrogen) atoms. The SMILES string of the molecule is CC(=O)N(C)c1ccc(C(C)C)c(N2C(=N)SCC2=O)c1. The molecular weight excluding hydrogens is 286 g/mol. The number of hydrogen-bond donors (Lipinski definition) is 1. The van der Waals surface area contributed by atoms with Gasteiger partial charge in [-0.15, -0.1) is 0 Å². The molecule has 1 saturated heterocycles. The van der Waals surface area contributed by atoms with Crippen LogP contribution < -0.4 is 9.80 Å². The zero-order valence-corrected chi connectivity index (χ0v) is 13.5. The van der Waals surface area contributed by atoms with E-state index in [0.717, 1.165) is 11.3 Å². The highest BCUT2D eigenvalue weighted by molar-refractivity contribution is 8.15. The van der Waals surface area contributed by atoms with Crippen molar-refractivity contribution >= 4 is 40.1 Å². The maximum Gasteiger partial charge on any atom is 0.243 e. The molecule has 112 valence electrons. The van der Waals surface area contributed by atoms with E-state index in [-0.39, 0.29) is 22.9 Å². The van der Waals surface area contributed by atoms with Gasteiger partial charge in [-0.3, -0.25) is 19.9 Å². The summed E-state index contributed by atoms with van der Waals surface area (Å²) in [6.07, 6.45) is 0. The van der Waals surface area contributed by atoms with Crippen LogP contribution in [0.2, 0.25) is 0 Å². The molecule has 0 aromatic heterocycles. The molecule has 1 aliphatic rings. The van der Waals surface area contributed by atoms with Gasteiger partial charge < -0.3 is 4.90 Å². The van der Waals surface area contributed by atoms with Gasteiger partial charge in [-0.2, -0.15) is 0 Å². The van der Waals surface area contributed by atoms with Crippen LogP contribution in [0.5, 0.6) is 0 Å². The van der Waals surface area contributed by atoms with Crippen LogP contribution in [0.25, 0.3) is 0 Å². The van der Waals surface area contributed by atoms with Gasteiger partial charge in [0.15, 0.2) is 5.17 Å². The molecule has 0 radical (unpaired) electrons. The zero-order chi connectivity index (χ0) is 15.7. The first-order valence-electron chi connectivity index (χ1n) is 6.75. The first-order valence-corrected chi connectivity index (χ1v) is 7.74. The topological polar surface area (TPSA) is 64.5 Å². The molecule has 6 heteroatoms. The highest BCUT2D eigenvalue weighted by Gasteiger charge is 2.31. The molecule has 0 spiro atoms. The first-order chi connectivity index (χ1) is 9.82. The van der Waals surface area contributed by atoms with Crippen LogP contribution in [0.15, 0.2) is 18.2 Å². The Hall–Kier alpha value is -1.82. The Labute approximate surface area is 128 Å². The van der Waals surface area contributed by atoms with Gasteiger partial charge in [-0.05, 0) is 23.6 Å². The van der Waals surface area contributed by atoms with Crippen molar-refractivity contribution in [3.05, 3.63) is 23.8 Å². The van der Waals surface area contributed by atoms with Crippen LogP contribution in [0.4, 0.5) is 11.4 Å². The van der Waals surface area contributed by atoms with Crippen molar-refractivity contribution in [3.8, 4) is 0 Å². The lowest BCUT2D eigenvalue weighted by Gasteiger charge is -2.24. The van der Waals surface area contributed by atoms with Crippen molar-refractivity contribution in [2.24, 2.45) is 0 Å². The average molecular weight is 305 g/mol. The van der Waals surface area contributed by atoms with Crippen LogP contribution in [-0.2, 0) is 9.59 Å². The lowest BCUT2D eigenvalue weighted by Crippen LogP contribution is -2.30. The van der Waals surface area contributed by atoms with Crippen molar-refractivity contribution in [3.63, 3.8) is 0 Å². The largest absolute Gasteiger partial charge is 0.316 e. The third-order valence-electron chi connectivity index (χ3n) is 3.52. The number of thioether (sulfide) groups is 1. The standard InChI is InChI=1S/C15H19N3O2S/c1-9(2)12-6-5-11(17(4)10(3)19)7-13(12)18-14(20)8-21-15(18)16/h5-7,9,16H,8H2,1-4H3. The summed E-state index contributed by atoms with van der Waals surface area (Å²) in [6.45, 7) is 5.59. The Morgan fingerprint density at radius 2 is 2.10 bits per heavy atom. The van der Waals surface area contributed by atoms with E-state index in [1.807, 2.05) is 32.0 Å². The predicted octanol–water partition coefficient (Wildman–Crippen LogP) is 2.81. The Morgan fingerprint density at radius 3 is 2.57 bits per heavy atom. The van der Waals surface area contributed by atoms with E-state index in [9.17, 15) is 9.59 Å². The summed E-state index contributed by atoms with van der Waals surface area (Å²) in [4.78, 5) is 26.6. The molecule has 1 aromatic carbocycles. The van der Waals surface area contributed by atoms with Crippen molar-refractivity contribution in [1.82, 2.24) is 0 Å². The molecule has 1 aromatic rings. The lowest BCUT2D eigenvalue weighted by atomic mass is 9.99. The van der Waals surface area contributed by atoms with Gasteiger partial charge in [0.05, 0.1) is 11.4 Å². The number of nitrogens with one attached hydrogen (secondary N) is 1. The Bertz CT molecular complexity index is 597. The molecule has 0 saturated carbocycles. The average Bonchev–Trinajstić information content (AvgIpc) is 2.76. The van der Waals surface area contributed by atoms with E-state index in [1.165, 1.54) is 28.5 Å². The number of benzene rings is 1. The first kappa shape index (κ1) is 15.6. The van der Waals surface area contributed by atoms with Gasteiger partial charge in [0.2, 0.25) is 11.8 Å². The summed E-state index contributed by atoms with van der Waals surface area (Å²) in [6, 6.07) is 5.62. The number of rotatable bonds is 3. The van der Waals surface area contributed by atoms with Crippen LogP contribution >= 0.6 is 11.8 Å². The monoisotopic (exact) mass is 305 g/mol. The zero-order valence-electron chi connectivity index (χ0n) is 12.6. The predicted molar refractivity (Wildman–Crippen MR) is 87.3 cm³/mol. The lowest BCUT2D eigenvalue weighted by molar-refractivity contribution is -0.116. The second-order valence-electron chi connectivity index (χ2n) is 5.30. The second kappa shape index (κ2) is 5.89. The molecule has 2 amide bonds. The quantitative estimate of drug-likeness (QED) is 0.934. The maximum absolute atomic E-state index is 12.1. The normalized spacial score (nSPS) is 15.0. The van der Waals surface area contributed by atoms with Crippen LogP contribution in [0.3, 0.4) is 0 Å². The molecule has 0 aliphatic carbocycles. The molecule has 0 atom stereocenters.